The predicted octanol–water partition coefficient (Wildman–Crippen LogP) is 2.77. The number of hydrogen-bond acceptors (Lipinski definition) is 5. The van der Waals surface area contributed by atoms with Gasteiger partial charge in [0.25, 0.3) is 0 Å². The molecule has 0 spiro atoms. The predicted molar refractivity (Wildman–Crippen MR) is 74.0 cm³/mol. The SMILES string of the molecule is Cc1cccc(CC(C(=O)O)c2ncc([N+](=O)[O-])s2)c1. The first-order chi connectivity index (χ1) is 9.47. The number of thiazole rings is 1. The van der Waals surface area contributed by atoms with Crippen LogP contribution >= 0.6 is 11.3 Å². The van der Waals surface area contributed by atoms with E-state index in [9.17, 15) is 20.0 Å². The second-order valence-electron chi connectivity index (χ2n) is 4.38. The summed E-state index contributed by atoms with van der Waals surface area (Å²) in [6.07, 6.45) is 1.37. The fraction of sp³-hybridized carbons (Fsp3) is 0.231. The molecule has 104 valence electrons. The number of carboxylic acids is 1. The van der Waals surface area contributed by atoms with E-state index in [1.54, 1.807) is 0 Å². The zero-order chi connectivity index (χ0) is 14.7. The number of aliphatic carboxylic acids is 1. The van der Waals surface area contributed by atoms with Gasteiger partial charge in [0.2, 0.25) is 0 Å². The summed E-state index contributed by atoms with van der Waals surface area (Å²) in [5.41, 5.74) is 1.91. The highest BCUT2D eigenvalue weighted by Gasteiger charge is 2.26. The summed E-state index contributed by atoms with van der Waals surface area (Å²) in [5.74, 6) is -1.90. The Morgan fingerprint density at radius 3 is 2.85 bits per heavy atom. The molecular weight excluding hydrogens is 280 g/mol. The lowest BCUT2D eigenvalue weighted by atomic mass is 9.99. The van der Waals surface area contributed by atoms with Gasteiger partial charge in [0.05, 0.1) is 4.92 Å². The average Bonchev–Trinajstić information content (AvgIpc) is 2.85. The van der Waals surface area contributed by atoms with E-state index in [4.69, 9.17) is 0 Å². The highest BCUT2D eigenvalue weighted by atomic mass is 32.1. The number of hydrogen-bond donors (Lipinski definition) is 1. The molecule has 0 saturated carbocycles. The standard InChI is InChI=1S/C13H12N2O4S/c1-8-3-2-4-9(5-8)6-10(13(16)17)12-14-7-11(20-12)15(18)19/h2-5,7,10H,6H2,1H3,(H,16,17). The largest absolute Gasteiger partial charge is 0.481 e. The van der Waals surface area contributed by atoms with Crippen LogP contribution in [0.15, 0.2) is 30.5 Å². The van der Waals surface area contributed by atoms with E-state index in [-0.39, 0.29) is 16.4 Å². The van der Waals surface area contributed by atoms with Crippen LogP contribution in [0.4, 0.5) is 5.00 Å². The third-order valence-corrected chi connectivity index (χ3v) is 3.87. The molecule has 0 fully saturated rings. The van der Waals surface area contributed by atoms with Crippen LogP contribution in [0, 0.1) is 17.0 Å². The number of carboxylic acid groups (broad SMARTS) is 1. The topological polar surface area (TPSA) is 93.3 Å². The minimum atomic E-state index is -1.03. The molecule has 2 rings (SSSR count). The Balaban J connectivity index is 2.27. The van der Waals surface area contributed by atoms with Crippen molar-refractivity contribution in [3.63, 3.8) is 0 Å². The number of nitrogens with zero attached hydrogens (tertiary/aromatic N) is 2. The molecule has 20 heavy (non-hydrogen) atoms. The van der Waals surface area contributed by atoms with Crippen molar-refractivity contribution in [3.05, 3.63) is 56.7 Å². The molecule has 0 radical (unpaired) electrons. The monoisotopic (exact) mass is 292 g/mol. The molecule has 1 heterocycles. The quantitative estimate of drug-likeness (QED) is 0.675. The van der Waals surface area contributed by atoms with Gasteiger partial charge in [-0.3, -0.25) is 14.9 Å². The van der Waals surface area contributed by atoms with Crippen LogP contribution in [0.25, 0.3) is 0 Å². The van der Waals surface area contributed by atoms with Crippen molar-refractivity contribution in [3.8, 4) is 0 Å². The Labute approximate surface area is 118 Å². The van der Waals surface area contributed by atoms with Crippen molar-refractivity contribution in [2.45, 2.75) is 19.3 Å². The number of rotatable bonds is 5. The minimum absolute atomic E-state index is 0.143. The maximum Gasteiger partial charge on any atom is 0.343 e. The van der Waals surface area contributed by atoms with E-state index >= 15 is 0 Å². The second-order valence-corrected chi connectivity index (χ2v) is 5.42. The summed E-state index contributed by atoms with van der Waals surface area (Å²) in [5, 5.41) is 20.1. The summed E-state index contributed by atoms with van der Waals surface area (Å²) >= 11 is 0.810. The van der Waals surface area contributed by atoms with Crippen LogP contribution in [0.3, 0.4) is 0 Å². The lowest BCUT2D eigenvalue weighted by molar-refractivity contribution is -0.380. The van der Waals surface area contributed by atoms with Crippen molar-refractivity contribution >= 4 is 22.3 Å². The van der Waals surface area contributed by atoms with Crippen LogP contribution in [0.1, 0.15) is 22.1 Å². The van der Waals surface area contributed by atoms with E-state index in [1.165, 1.54) is 0 Å². The number of carbonyl (C=O) groups is 1. The van der Waals surface area contributed by atoms with Crippen LogP contribution in [-0.2, 0) is 11.2 Å². The van der Waals surface area contributed by atoms with Crippen molar-refractivity contribution in [2.75, 3.05) is 0 Å². The van der Waals surface area contributed by atoms with Gasteiger partial charge in [-0.1, -0.05) is 29.8 Å². The second kappa shape index (κ2) is 5.79. The molecule has 0 bridgehead atoms. The van der Waals surface area contributed by atoms with E-state index in [0.29, 0.717) is 0 Å². The van der Waals surface area contributed by atoms with Gasteiger partial charge in [-0.25, -0.2) is 4.98 Å². The normalized spacial score (nSPS) is 12.1. The highest BCUT2D eigenvalue weighted by molar-refractivity contribution is 7.15. The van der Waals surface area contributed by atoms with E-state index in [2.05, 4.69) is 4.98 Å². The maximum absolute atomic E-state index is 11.4. The van der Waals surface area contributed by atoms with Crippen LogP contribution in [-0.4, -0.2) is 21.0 Å². The Hall–Kier alpha value is -2.28. The third-order valence-electron chi connectivity index (χ3n) is 2.81. The maximum atomic E-state index is 11.4. The zero-order valence-corrected chi connectivity index (χ0v) is 11.5. The summed E-state index contributed by atoms with van der Waals surface area (Å²) in [7, 11) is 0. The van der Waals surface area contributed by atoms with Crippen molar-refractivity contribution < 1.29 is 14.8 Å². The Morgan fingerprint density at radius 2 is 2.30 bits per heavy atom. The van der Waals surface area contributed by atoms with E-state index in [0.717, 1.165) is 28.7 Å². The molecule has 6 nitrogen and oxygen atoms in total. The number of aromatic nitrogens is 1. The first kappa shape index (κ1) is 14.1. The summed E-state index contributed by atoms with van der Waals surface area (Å²) in [4.78, 5) is 25.3. The summed E-state index contributed by atoms with van der Waals surface area (Å²) < 4.78 is 0. The molecule has 1 aromatic carbocycles. The molecule has 0 amide bonds. The van der Waals surface area contributed by atoms with Gasteiger partial charge in [-0.2, -0.15) is 0 Å². The van der Waals surface area contributed by atoms with Crippen LogP contribution in [0.5, 0.6) is 0 Å². The smallest absolute Gasteiger partial charge is 0.343 e. The Morgan fingerprint density at radius 1 is 1.55 bits per heavy atom. The fourth-order valence-corrected chi connectivity index (χ4v) is 2.71. The molecule has 1 N–H and O–H groups in total. The zero-order valence-electron chi connectivity index (χ0n) is 10.6. The van der Waals surface area contributed by atoms with Crippen molar-refractivity contribution in [1.29, 1.82) is 0 Å². The molecule has 0 aliphatic carbocycles. The minimum Gasteiger partial charge on any atom is -0.481 e. The lowest BCUT2D eigenvalue weighted by Crippen LogP contribution is -2.14. The van der Waals surface area contributed by atoms with Gasteiger partial charge in [0, 0.05) is 0 Å². The molecule has 1 unspecified atom stereocenters. The van der Waals surface area contributed by atoms with Crippen molar-refractivity contribution in [1.82, 2.24) is 4.98 Å². The molecule has 0 saturated heterocycles. The molecule has 0 aliphatic heterocycles. The Kier molecular flexibility index (Phi) is 4.09. The van der Waals surface area contributed by atoms with Gasteiger partial charge in [-0.05, 0) is 30.2 Å². The van der Waals surface area contributed by atoms with Crippen LogP contribution < -0.4 is 0 Å². The van der Waals surface area contributed by atoms with Gasteiger partial charge in [0.15, 0.2) is 0 Å². The molecule has 1 atom stereocenters. The summed E-state index contributed by atoms with van der Waals surface area (Å²) in [6.45, 7) is 1.92. The average molecular weight is 292 g/mol. The number of aryl methyl sites for hydroxylation is 1. The first-order valence-corrected chi connectivity index (χ1v) is 6.67. The van der Waals surface area contributed by atoms with Gasteiger partial charge in [0.1, 0.15) is 17.1 Å². The third kappa shape index (κ3) is 3.18. The Bertz CT molecular complexity index is 653. The van der Waals surface area contributed by atoms with Gasteiger partial charge < -0.3 is 5.11 Å². The number of benzene rings is 1. The van der Waals surface area contributed by atoms with E-state index < -0.39 is 16.8 Å². The molecule has 0 aliphatic rings. The summed E-state index contributed by atoms with van der Waals surface area (Å²) in [6, 6.07) is 7.52. The molecule has 7 heteroatoms. The molecule has 1 aromatic heterocycles. The fourth-order valence-electron chi connectivity index (χ4n) is 1.88. The van der Waals surface area contributed by atoms with Gasteiger partial charge in [-0.15, -0.1) is 0 Å². The molecular formula is C13H12N2O4S. The lowest BCUT2D eigenvalue weighted by Gasteiger charge is -2.09. The van der Waals surface area contributed by atoms with E-state index in [1.807, 2.05) is 31.2 Å². The molecule has 2 aromatic rings. The van der Waals surface area contributed by atoms with Crippen molar-refractivity contribution in [2.24, 2.45) is 0 Å². The highest BCUT2D eigenvalue weighted by Crippen LogP contribution is 2.29. The first-order valence-electron chi connectivity index (χ1n) is 5.86. The van der Waals surface area contributed by atoms with Gasteiger partial charge >= 0.3 is 11.0 Å². The number of nitro groups is 1. The van der Waals surface area contributed by atoms with Crippen LogP contribution in [0.2, 0.25) is 0 Å².